The largest absolute Gasteiger partial charge is 0.435 e. The van der Waals surface area contributed by atoms with Crippen LogP contribution in [0.15, 0.2) is 24.3 Å². The molecule has 0 aromatic heterocycles. The van der Waals surface area contributed by atoms with Crippen LogP contribution in [0, 0.1) is 5.92 Å². The van der Waals surface area contributed by atoms with Gasteiger partial charge in [0.25, 0.3) is 0 Å². The van der Waals surface area contributed by atoms with Crippen molar-refractivity contribution in [2.24, 2.45) is 5.92 Å². The Morgan fingerprint density at radius 1 is 1.33 bits per heavy atom. The van der Waals surface area contributed by atoms with Gasteiger partial charge in [-0.2, -0.15) is 8.78 Å². The summed E-state index contributed by atoms with van der Waals surface area (Å²) >= 11 is 0. The number of hydrogen-bond donors (Lipinski definition) is 1. The summed E-state index contributed by atoms with van der Waals surface area (Å²) < 4.78 is 29.3. The number of likely N-dealkylation sites (tertiary alicyclic amines) is 1. The second-order valence-corrected chi connectivity index (χ2v) is 5.79. The minimum atomic E-state index is -2.88. The molecule has 0 bridgehead atoms. The van der Waals surface area contributed by atoms with Crippen molar-refractivity contribution in [3.05, 3.63) is 29.8 Å². The highest BCUT2D eigenvalue weighted by atomic mass is 35.5. The van der Waals surface area contributed by atoms with Crippen LogP contribution in [0.3, 0.4) is 0 Å². The molecule has 24 heavy (non-hydrogen) atoms. The summed E-state index contributed by atoms with van der Waals surface area (Å²) in [5, 5.41) is 3.34. The fourth-order valence-corrected chi connectivity index (χ4v) is 2.87. The number of carbonyl (C=O) groups excluding carboxylic acids is 1. The van der Waals surface area contributed by atoms with Crippen molar-refractivity contribution in [2.45, 2.75) is 32.8 Å². The third-order valence-corrected chi connectivity index (χ3v) is 4.18. The van der Waals surface area contributed by atoms with Crippen LogP contribution >= 0.6 is 12.4 Å². The molecule has 0 spiro atoms. The van der Waals surface area contributed by atoms with Crippen LogP contribution in [-0.2, 0) is 11.2 Å². The van der Waals surface area contributed by atoms with E-state index < -0.39 is 6.61 Å². The molecular weight excluding hydrogens is 338 g/mol. The summed E-state index contributed by atoms with van der Waals surface area (Å²) in [7, 11) is 0. The number of benzene rings is 1. The maximum Gasteiger partial charge on any atom is 0.387 e. The number of carbonyl (C=O) groups is 1. The third-order valence-electron chi connectivity index (χ3n) is 4.18. The van der Waals surface area contributed by atoms with E-state index in [4.69, 9.17) is 0 Å². The predicted molar refractivity (Wildman–Crippen MR) is 91.9 cm³/mol. The first kappa shape index (κ1) is 20.6. The van der Waals surface area contributed by atoms with Crippen molar-refractivity contribution in [3.63, 3.8) is 0 Å². The molecule has 1 N–H and O–H groups in total. The number of hydrogen-bond acceptors (Lipinski definition) is 3. The Labute approximate surface area is 148 Å². The van der Waals surface area contributed by atoms with Gasteiger partial charge in [0.15, 0.2) is 0 Å². The first-order valence-corrected chi connectivity index (χ1v) is 8.11. The lowest BCUT2D eigenvalue weighted by molar-refractivity contribution is -0.132. The molecule has 7 heteroatoms. The second-order valence-electron chi connectivity index (χ2n) is 5.79. The van der Waals surface area contributed by atoms with Crippen molar-refractivity contribution in [2.75, 3.05) is 26.2 Å². The summed E-state index contributed by atoms with van der Waals surface area (Å²) in [5.41, 5.74) is 0.507. The number of alkyl halides is 2. The van der Waals surface area contributed by atoms with Crippen LogP contribution < -0.4 is 10.1 Å². The number of nitrogens with zero attached hydrogens (tertiary/aromatic N) is 1. The van der Waals surface area contributed by atoms with Gasteiger partial charge >= 0.3 is 6.61 Å². The SMILES string of the molecule is CCNCC1CCN(C(=O)Cc2ccccc2OC(F)F)CC1.Cl. The van der Waals surface area contributed by atoms with Gasteiger partial charge in [-0.3, -0.25) is 4.79 Å². The molecule has 1 aliphatic rings. The lowest BCUT2D eigenvalue weighted by atomic mass is 9.96. The van der Waals surface area contributed by atoms with Crippen molar-refractivity contribution in [1.82, 2.24) is 10.2 Å². The summed E-state index contributed by atoms with van der Waals surface area (Å²) in [6, 6.07) is 6.48. The number of para-hydroxylation sites is 1. The lowest BCUT2D eigenvalue weighted by Gasteiger charge is -2.32. The maximum absolute atomic E-state index is 12.4. The van der Waals surface area contributed by atoms with Crippen LogP contribution in [0.4, 0.5) is 8.78 Å². The average Bonchev–Trinajstić information content (AvgIpc) is 2.54. The molecule has 1 aromatic carbocycles. The Hall–Kier alpha value is -1.40. The molecule has 4 nitrogen and oxygen atoms in total. The maximum atomic E-state index is 12.4. The Bertz CT molecular complexity index is 509. The molecular formula is C17H25ClF2N2O2. The molecule has 1 amide bonds. The lowest BCUT2D eigenvalue weighted by Crippen LogP contribution is -2.41. The zero-order valence-corrected chi connectivity index (χ0v) is 14.7. The fraction of sp³-hybridized carbons (Fsp3) is 0.588. The first-order chi connectivity index (χ1) is 11.1. The Morgan fingerprint density at radius 3 is 2.62 bits per heavy atom. The van der Waals surface area contributed by atoms with Gasteiger partial charge < -0.3 is 15.0 Å². The van der Waals surface area contributed by atoms with Gasteiger partial charge in [-0.05, 0) is 37.9 Å². The number of ether oxygens (including phenoxy) is 1. The number of amides is 1. The zero-order valence-electron chi connectivity index (χ0n) is 13.8. The zero-order chi connectivity index (χ0) is 16.7. The summed E-state index contributed by atoms with van der Waals surface area (Å²) in [6.07, 6.45) is 2.06. The van der Waals surface area contributed by atoms with E-state index in [1.165, 1.54) is 6.07 Å². The molecule has 1 heterocycles. The summed E-state index contributed by atoms with van der Waals surface area (Å²) in [6.45, 7) is 2.61. The molecule has 0 radical (unpaired) electrons. The van der Waals surface area contributed by atoms with Gasteiger partial charge in [0.1, 0.15) is 5.75 Å². The summed E-state index contributed by atoms with van der Waals surface area (Å²) in [5.74, 6) is 0.656. The van der Waals surface area contributed by atoms with E-state index in [-0.39, 0.29) is 30.5 Å². The van der Waals surface area contributed by atoms with Crippen LogP contribution in [0.25, 0.3) is 0 Å². The molecule has 1 saturated heterocycles. The van der Waals surface area contributed by atoms with Gasteiger partial charge in [0.2, 0.25) is 5.91 Å². The molecule has 0 atom stereocenters. The highest BCUT2D eigenvalue weighted by Gasteiger charge is 2.23. The Balaban J connectivity index is 0.00000288. The van der Waals surface area contributed by atoms with Gasteiger partial charge in [-0.25, -0.2) is 0 Å². The highest BCUT2D eigenvalue weighted by molar-refractivity contribution is 5.85. The van der Waals surface area contributed by atoms with Crippen LogP contribution in [-0.4, -0.2) is 43.6 Å². The number of piperidine rings is 1. The Kier molecular flexibility index (Phi) is 9.00. The van der Waals surface area contributed by atoms with Crippen molar-refractivity contribution < 1.29 is 18.3 Å². The highest BCUT2D eigenvalue weighted by Crippen LogP contribution is 2.23. The minimum absolute atomic E-state index is 0. The minimum Gasteiger partial charge on any atom is -0.435 e. The summed E-state index contributed by atoms with van der Waals surface area (Å²) in [4.78, 5) is 14.2. The second kappa shape index (κ2) is 10.5. The molecule has 136 valence electrons. The van der Waals surface area contributed by atoms with E-state index in [2.05, 4.69) is 17.0 Å². The number of halogens is 3. The molecule has 0 saturated carbocycles. The van der Waals surface area contributed by atoms with E-state index in [1.54, 1.807) is 18.2 Å². The van der Waals surface area contributed by atoms with Crippen LogP contribution in [0.5, 0.6) is 5.75 Å². The predicted octanol–water partition coefficient (Wildman–Crippen LogP) is 3.10. The Morgan fingerprint density at radius 2 is 2.00 bits per heavy atom. The average molecular weight is 363 g/mol. The number of rotatable bonds is 7. The molecule has 1 fully saturated rings. The molecule has 1 aliphatic heterocycles. The molecule has 0 unspecified atom stereocenters. The van der Waals surface area contributed by atoms with Crippen molar-refractivity contribution in [3.8, 4) is 5.75 Å². The molecule has 0 aliphatic carbocycles. The molecule has 1 aromatic rings. The van der Waals surface area contributed by atoms with Gasteiger partial charge in [0, 0.05) is 18.7 Å². The topological polar surface area (TPSA) is 41.6 Å². The van der Waals surface area contributed by atoms with E-state index in [0.717, 1.165) is 39.0 Å². The smallest absolute Gasteiger partial charge is 0.387 e. The standard InChI is InChI=1S/C17H24F2N2O2.ClH/c1-2-20-12-13-7-9-21(10-8-13)16(22)11-14-5-3-4-6-15(14)23-17(18)19;/h3-6,13,17,20H,2,7-12H2,1H3;1H. The normalized spacial score (nSPS) is 15.2. The van der Waals surface area contributed by atoms with Gasteiger partial charge in [-0.15, -0.1) is 12.4 Å². The van der Waals surface area contributed by atoms with E-state index in [9.17, 15) is 13.6 Å². The number of nitrogens with one attached hydrogen (secondary N) is 1. The van der Waals surface area contributed by atoms with Gasteiger partial charge in [0.05, 0.1) is 6.42 Å². The third kappa shape index (κ3) is 6.24. The monoisotopic (exact) mass is 362 g/mol. The quantitative estimate of drug-likeness (QED) is 0.810. The van der Waals surface area contributed by atoms with Crippen molar-refractivity contribution in [1.29, 1.82) is 0 Å². The van der Waals surface area contributed by atoms with Gasteiger partial charge in [-0.1, -0.05) is 25.1 Å². The van der Waals surface area contributed by atoms with E-state index in [1.807, 2.05) is 4.90 Å². The van der Waals surface area contributed by atoms with E-state index in [0.29, 0.717) is 11.5 Å². The fourth-order valence-electron chi connectivity index (χ4n) is 2.87. The first-order valence-electron chi connectivity index (χ1n) is 8.11. The van der Waals surface area contributed by atoms with Crippen molar-refractivity contribution >= 4 is 18.3 Å². The van der Waals surface area contributed by atoms with Crippen LogP contribution in [0.1, 0.15) is 25.3 Å². The molecule has 2 rings (SSSR count). The van der Waals surface area contributed by atoms with Crippen LogP contribution in [0.2, 0.25) is 0 Å². The van der Waals surface area contributed by atoms with E-state index >= 15 is 0 Å².